The number of carboxylic acid groups (broad SMARTS) is 1. The van der Waals surface area contributed by atoms with Gasteiger partial charge < -0.3 is 15.8 Å². The van der Waals surface area contributed by atoms with E-state index in [1.807, 2.05) is 0 Å². The number of hydrogen-bond acceptors (Lipinski definition) is 5. The third kappa shape index (κ3) is 1.91. The van der Waals surface area contributed by atoms with Crippen molar-refractivity contribution >= 4 is 23.0 Å². The first-order chi connectivity index (χ1) is 8.00. The number of carboxylic acids is 1. The zero-order valence-corrected chi connectivity index (χ0v) is 9.51. The lowest BCUT2D eigenvalue weighted by Crippen LogP contribution is -2.17. The Labute approximate surface area is 97.1 Å². The molecule has 0 fully saturated rings. The van der Waals surface area contributed by atoms with Crippen LogP contribution in [0, 0.1) is 5.92 Å². The van der Waals surface area contributed by atoms with Gasteiger partial charge in [-0.2, -0.15) is 0 Å². The maximum atomic E-state index is 10.9. The molecular formula is C10H13N5O2. The molecule has 0 radical (unpaired) electrons. The highest BCUT2D eigenvalue weighted by atomic mass is 16.4. The summed E-state index contributed by atoms with van der Waals surface area (Å²) in [5.41, 5.74) is 6.67. The van der Waals surface area contributed by atoms with Gasteiger partial charge in [0.1, 0.15) is 17.7 Å². The van der Waals surface area contributed by atoms with E-state index in [2.05, 4.69) is 19.9 Å². The van der Waals surface area contributed by atoms with E-state index in [0.717, 1.165) is 0 Å². The minimum absolute atomic E-state index is 0.249. The van der Waals surface area contributed by atoms with Crippen LogP contribution in [-0.4, -0.2) is 31.0 Å². The van der Waals surface area contributed by atoms with Gasteiger partial charge in [0.15, 0.2) is 11.5 Å². The molecule has 2 aromatic rings. The molecule has 4 N–H and O–H groups in total. The monoisotopic (exact) mass is 235 g/mol. The number of nitrogens with zero attached hydrogens (tertiary/aromatic N) is 3. The third-order valence-electron chi connectivity index (χ3n) is 2.91. The van der Waals surface area contributed by atoms with E-state index >= 15 is 0 Å². The molecule has 2 unspecified atom stereocenters. The topological polar surface area (TPSA) is 118 Å². The lowest BCUT2D eigenvalue weighted by Gasteiger charge is -2.12. The first-order valence-electron chi connectivity index (χ1n) is 5.19. The van der Waals surface area contributed by atoms with Crippen LogP contribution < -0.4 is 5.73 Å². The molecular weight excluding hydrogens is 222 g/mol. The number of rotatable bonds is 3. The molecule has 0 bridgehead atoms. The van der Waals surface area contributed by atoms with Crippen molar-refractivity contribution in [3.63, 3.8) is 0 Å². The summed E-state index contributed by atoms with van der Waals surface area (Å²) in [6.07, 6.45) is 1.33. The highest BCUT2D eigenvalue weighted by Crippen LogP contribution is 2.24. The van der Waals surface area contributed by atoms with Crippen molar-refractivity contribution in [2.75, 3.05) is 5.73 Å². The van der Waals surface area contributed by atoms with Gasteiger partial charge in [-0.1, -0.05) is 13.8 Å². The quantitative estimate of drug-likeness (QED) is 0.722. The number of aliphatic carboxylic acids is 1. The molecule has 0 aliphatic heterocycles. The Balaban J connectivity index is 2.43. The lowest BCUT2D eigenvalue weighted by atomic mass is 9.96. The molecule has 2 atom stereocenters. The Morgan fingerprint density at radius 1 is 1.47 bits per heavy atom. The van der Waals surface area contributed by atoms with Crippen molar-refractivity contribution in [2.24, 2.45) is 5.92 Å². The van der Waals surface area contributed by atoms with Gasteiger partial charge in [0, 0.05) is 5.92 Å². The van der Waals surface area contributed by atoms with E-state index < -0.39 is 11.9 Å². The van der Waals surface area contributed by atoms with Crippen molar-refractivity contribution in [1.82, 2.24) is 19.9 Å². The standard InChI is InChI=1S/C10H13N5O2/c1-4(5(2)10(16)17)8-14-6-7(11)12-3-13-9(6)15-8/h3-5H,1-2H3,(H,16,17)(H3,11,12,13,14,15). The van der Waals surface area contributed by atoms with Crippen LogP contribution in [0.2, 0.25) is 0 Å². The van der Waals surface area contributed by atoms with E-state index in [-0.39, 0.29) is 5.92 Å². The zero-order valence-electron chi connectivity index (χ0n) is 9.51. The number of aromatic amines is 1. The van der Waals surface area contributed by atoms with E-state index in [4.69, 9.17) is 10.8 Å². The van der Waals surface area contributed by atoms with Crippen LogP contribution in [0.1, 0.15) is 25.6 Å². The van der Waals surface area contributed by atoms with Gasteiger partial charge in [0.05, 0.1) is 5.92 Å². The molecule has 17 heavy (non-hydrogen) atoms. The fourth-order valence-electron chi connectivity index (χ4n) is 1.53. The molecule has 2 aromatic heterocycles. The summed E-state index contributed by atoms with van der Waals surface area (Å²) in [5, 5.41) is 8.95. The van der Waals surface area contributed by atoms with Gasteiger partial charge in [0.2, 0.25) is 0 Å². The number of aromatic nitrogens is 4. The molecule has 0 aromatic carbocycles. The molecule has 0 aliphatic rings. The number of imidazole rings is 1. The van der Waals surface area contributed by atoms with Crippen LogP contribution in [0.3, 0.4) is 0 Å². The average molecular weight is 235 g/mol. The highest BCUT2D eigenvalue weighted by Gasteiger charge is 2.24. The highest BCUT2D eigenvalue weighted by molar-refractivity contribution is 5.81. The maximum absolute atomic E-state index is 10.9. The number of nitrogen functional groups attached to an aromatic ring is 1. The largest absolute Gasteiger partial charge is 0.481 e. The van der Waals surface area contributed by atoms with Crippen LogP contribution in [0.15, 0.2) is 6.33 Å². The summed E-state index contributed by atoms with van der Waals surface area (Å²) in [7, 11) is 0. The lowest BCUT2D eigenvalue weighted by molar-refractivity contribution is -0.141. The summed E-state index contributed by atoms with van der Waals surface area (Å²) < 4.78 is 0. The van der Waals surface area contributed by atoms with E-state index in [9.17, 15) is 4.79 Å². The smallest absolute Gasteiger partial charge is 0.306 e. The molecule has 0 spiro atoms. The third-order valence-corrected chi connectivity index (χ3v) is 2.91. The molecule has 7 heteroatoms. The van der Waals surface area contributed by atoms with Crippen LogP contribution >= 0.6 is 0 Å². The Kier molecular flexibility index (Phi) is 2.66. The zero-order chi connectivity index (χ0) is 12.6. The minimum atomic E-state index is -0.864. The predicted molar refractivity (Wildman–Crippen MR) is 61.3 cm³/mol. The normalized spacial score (nSPS) is 14.7. The number of hydrogen-bond donors (Lipinski definition) is 3. The van der Waals surface area contributed by atoms with Gasteiger partial charge in [-0.25, -0.2) is 15.0 Å². The second-order valence-corrected chi connectivity index (χ2v) is 4.00. The summed E-state index contributed by atoms with van der Waals surface area (Å²) in [4.78, 5) is 25.9. The van der Waals surface area contributed by atoms with Crippen molar-refractivity contribution in [1.29, 1.82) is 0 Å². The number of nitrogens with one attached hydrogen (secondary N) is 1. The summed E-state index contributed by atoms with van der Waals surface area (Å²) in [5.74, 6) is -0.783. The van der Waals surface area contributed by atoms with Crippen LogP contribution in [0.25, 0.3) is 11.2 Å². The predicted octanol–water partition coefficient (Wildman–Crippen LogP) is 0.759. The first-order valence-corrected chi connectivity index (χ1v) is 5.19. The van der Waals surface area contributed by atoms with Crippen LogP contribution in [0.5, 0.6) is 0 Å². The summed E-state index contributed by atoms with van der Waals surface area (Å²) >= 11 is 0. The van der Waals surface area contributed by atoms with Gasteiger partial charge in [0.25, 0.3) is 0 Å². The number of carbonyl (C=O) groups is 1. The average Bonchev–Trinajstić information content (AvgIpc) is 2.72. The molecule has 2 heterocycles. The Bertz CT molecular complexity index is 565. The second kappa shape index (κ2) is 4.00. The number of H-pyrrole nitrogens is 1. The van der Waals surface area contributed by atoms with Crippen LogP contribution in [-0.2, 0) is 4.79 Å². The van der Waals surface area contributed by atoms with Gasteiger partial charge in [-0.15, -0.1) is 0 Å². The number of nitrogens with two attached hydrogens (primary N) is 1. The molecule has 0 saturated carbocycles. The Hall–Kier alpha value is -2.18. The first kappa shape index (κ1) is 11.3. The van der Waals surface area contributed by atoms with Crippen molar-refractivity contribution < 1.29 is 9.90 Å². The Morgan fingerprint density at radius 2 is 2.18 bits per heavy atom. The van der Waals surface area contributed by atoms with Crippen molar-refractivity contribution in [2.45, 2.75) is 19.8 Å². The maximum Gasteiger partial charge on any atom is 0.306 e. The van der Waals surface area contributed by atoms with Gasteiger partial charge in [-0.05, 0) is 0 Å². The van der Waals surface area contributed by atoms with Gasteiger partial charge in [-0.3, -0.25) is 4.79 Å². The summed E-state index contributed by atoms with van der Waals surface area (Å²) in [6.45, 7) is 3.43. The van der Waals surface area contributed by atoms with E-state index in [1.165, 1.54) is 6.33 Å². The van der Waals surface area contributed by atoms with Crippen LogP contribution in [0.4, 0.5) is 5.82 Å². The fraction of sp³-hybridized carbons (Fsp3) is 0.400. The van der Waals surface area contributed by atoms with E-state index in [0.29, 0.717) is 22.8 Å². The molecule has 7 nitrogen and oxygen atoms in total. The summed E-state index contributed by atoms with van der Waals surface area (Å²) in [6, 6.07) is 0. The second-order valence-electron chi connectivity index (χ2n) is 4.00. The minimum Gasteiger partial charge on any atom is -0.481 e. The van der Waals surface area contributed by atoms with Crippen molar-refractivity contribution in [3.8, 4) is 0 Å². The number of fused-ring (bicyclic) bond motifs is 1. The molecule has 0 aliphatic carbocycles. The SMILES string of the molecule is CC(C(=O)O)C(C)c1nc2ncnc(N)c2[nH]1. The Morgan fingerprint density at radius 3 is 2.76 bits per heavy atom. The fourth-order valence-corrected chi connectivity index (χ4v) is 1.53. The van der Waals surface area contributed by atoms with E-state index in [1.54, 1.807) is 13.8 Å². The molecule has 0 amide bonds. The molecule has 2 rings (SSSR count). The number of anilines is 1. The molecule has 0 saturated heterocycles. The molecule has 90 valence electrons. The van der Waals surface area contributed by atoms with Gasteiger partial charge >= 0.3 is 5.97 Å². The van der Waals surface area contributed by atoms with Crippen molar-refractivity contribution in [3.05, 3.63) is 12.2 Å².